The Labute approximate surface area is 149 Å². The number of rotatable bonds is 0. The molecule has 0 bridgehead atoms. The van der Waals surface area contributed by atoms with Crippen LogP contribution in [0.15, 0.2) is 0 Å². The molecule has 5 heteroatoms. The molecule has 0 fully saturated rings. The van der Waals surface area contributed by atoms with Crippen LogP contribution in [0.4, 0.5) is 0 Å². The first kappa shape index (κ1) is 32.3. The van der Waals surface area contributed by atoms with Gasteiger partial charge in [0, 0.05) is 154 Å². The summed E-state index contributed by atoms with van der Waals surface area (Å²) in [7, 11) is 0. The fourth-order valence-electron chi connectivity index (χ4n) is 0. The smallest absolute Gasteiger partial charge is 0 e. The van der Waals surface area contributed by atoms with Crippen LogP contribution in [0.1, 0.15) is 0 Å². The molecule has 0 unspecified atom stereocenters. The maximum Gasteiger partial charge on any atom is 0 e. The molecule has 0 saturated heterocycles. The molecule has 0 spiro atoms. The van der Waals surface area contributed by atoms with E-state index in [9.17, 15) is 0 Å². The van der Waals surface area contributed by atoms with E-state index in [0.717, 1.165) is 0 Å². The molecule has 5 heavy (non-hydrogen) atoms. The Morgan fingerprint density at radius 3 is 0.800 bits per heavy atom. The van der Waals surface area contributed by atoms with Gasteiger partial charge in [0.2, 0.25) is 0 Å². The first-order valence-corrected chi connectivity index (χ1v) is 0. The topological polar surface area (TPSA) is 0 Å². The van der Waals surface area contributed by atoms with Crippen LogP contribution in [0.25, 0.3) is 0 Å². The van der Waals surface area contributed by atoms with Crippen molar-refractivity contribution in [3.63, 3.8) is 0 Å². The molecular formula is KLiNa2Sb. The van der Waals surface area contributed by atoms with Crippen molar-refractivity contribution >= 4 is 154 Å². The summed E-state index contributed by atoms with van der Waals surface area (Å²) in [4.78, 5) is 0. The summed E-state index contributed by atoms with van der Waals surface area (Å²) in [5.74, 6) is 0. The van der Waals surface area contributed by atoms with Gasteiger partial charge in [-0.1, -0.05) is 0 Å². The zero-order chi connectivity index (χ0) is 0. The van der Waals surface area contributed by atoms with Crippen LogP contribution < -0.4 is 0 Å². The van der Waals surface area contributed by atoms with Gasteiger partial charge in [-0.2, -0.15) is 0 Å². The Bertz CT molecular complexity index is 9.61. The maximum absolute atomic E-state index is 0. The summed E-state index contributed by atoms with van der Waals surface area (Å²) in [6, 6.07) is 0. The standard InChI is InChI=1S/K.Li.2Na.Sb. The average Bonchev–Trinajstić information content (AvgIpc) is 0. The minimum absolute atomic E-state index is 0. The molecule has 0 atom stereocenters. The van der Waals surface area contributed by atoms with Gasteiger partial charge in [-0.25, -0.2) is 0 Å². The summed E-state index contributed by atoms with van der Waals surface area (Å²) >= 11 is 0. The van der Waals surface area contributed by atoms with Crippen LogP contribution in [-0.4, -0.2) is 154 Å². The van der Waals surface area contributed by atoms with Gasteiger partial charge in [-0.15, -0.1) is 0 Å². The molecule has 0 aromatic heterocycles. The van der Waals surface area contributed by atoms with Crippen molar-refractivity contribution in [3.05, 3.63) is 0 Å². The molecule has 0 aliphatic heterocycles. The minimum atomic E-state index is 0. The van der Waals surface area contributed by atoms with E-state index in [0.29, 0.717) is 0 Å². The first-order valence-electron chi connectivity index (χ1n) is 0. The molecule has 7 radical (unpaired) electrons. The van der Waals surface area contributed by atoms with Crippen molar-refractivity contribution in [3.8, 4) is 0 Å². The molecule has 0 rings (SSSR count). The maximum atomic E-state index is 0. The van der Waals surface area contributed by atoms with Crippen molar-refractivity contribution in [2.24, 2.45) is 0 Å². The second-order valence-corrected chi connectivity index (χ2v) is 0. The van der Waals surface area contributed by atoms with Crippen molar-refractivity contribution < 1.29 is 0 Å². The Hall–Kier alpha value is 5.05. The Morgan fingerprint density at radius 1 is 0.800 bits per heavy atom. The van der Waals surface area contributed by atoms with Crippen molar-refractivity contribution in [1.29, 1.82) is 0 Å². The molecule has 0 aromatic carbocycles. The van der Waals surface area contributed by atoms with Gasteiger partial charge >= 0.3 is 0 Å². The van der Waals surface area contributed by atoms with E-state index in [2.05, 4.69) is 0 Å². The minimum Gasteiger partial charge on any atom is 0 e. The van der Waals surface area contributed by atoms with E-state index in [1.807, 2.05) is 0 Å². The van der Waals surface area contributed by atoms with E-state index in [1.165, 1.54) is 0 Å². The predicted octanol–water partition coefficient (Wildman–Crippen LogP) is -1.90. The van der Waals surface area contributed by atoms with E-state index >= 15 is 0 Å². The first-order chi connectivity index (χ1) is 0. The molecule has 0 N–H and O–H groups in total. The van der Waals surface area contributed by atoms with Crippen LogP contribution >= 0.6 is 0 Å². The van der Waals surface area contributed by atoms with Crippen LogP contribution in [-0.2, 0) is 0 Å². The fourth-order valence-corrected chi connectivity index (χ4v) is 0. The van der Waals surface area contributed by atoms with Gasteiger partial charge in [0.05, 0.1) is 0 Å². The van der Waals surface area contributed by atoms with Crippen molar-refractivity contribution in [2.45, 2.75) is 0 Å². The monoisotopic (exact) mass is 213 g/mol. The fraction of sp³-hybridized carbons (Fsp3) is 0. The molecule has 0 amide bonds. The second kappa shape index (κ2) is 23.0. The Kier molecular flexibility index (Phi) is 148. The molecule has 0 heterocycles. The van der Waals surface area contributed by atoms with Gasteiger partial charge in [0.1, 0.15) is 0 Å². The normalized spacial score (nSPS) is 0. The molecule has 0 aliphatic carbocycles. The van der Waals surface area contributed by atoms with Crippen molar-refractivity contribution in [1.82, 2.24) is 0 Å². The third kappa shape index (κ3) is 17.6. The summed E-state index contributed by atoms with van der Waals surface area (Å²) in [6.45, 7) is 0. The van der Waals surface area contributed by atoms with Crippen LogP contribution in [0.5, 0.6) is 0 Å². The molecule has 0 saturated carbocycles. The van der Waals surface area contributed by atoms with Gasteiger partial charge in [-0.3, -0.25) is 0 Å². The van der Waals surface area contributed by atoms with E-state index in [1.54, 1.807) is 0 Å². The SMILES string of the molecule is [K].[Li].[Na].[Na].[Sb]. The Morgan fingerprint density at radius 2 is 0.800 bits per heavy atom. The average molecular weight is 214 g/mol. The third-order valence-electron chi connectivity index (χ3n) is 0. The number of hydrogen-bond acceptors (Lipinski definition) is 0. The summed E-state index contributed by atoms with van der Waals surface area (Å²) in [6.07, 6.45) is 0. The largest absolute Gasteiger partial charge is 0 e. The molecular weight excluding hydrogens is 214 g/mol. The molecule has 0 aromatic rings. The van der Waals surface area contributed by atoms with Crippen LogP contribution in [0.3, 0.4) is 0 Å². The van der Waals surface area contributed by atoms with E-state index in [4.69, 9.17) is 0 Å². The zero-order valence-electron chi connectivity index (χ0n) is 4.45. The van der Waals surface area contributed by atoms with Gasteiger partial charge in [0.15, 0.2) is 0 Å². The summed E-state index contributed by atoms with van der Waals surface area (Å²) < 4.78 is 0. The molecule has 0 aliphatic rings. The van der Waals surface area contributed by atoms with Gasteiger partial charge in [0.25, 0.3) is 0 Å². The summed E-state index contributed by atoms with van der Waals surface area (Å²) in [5.41, 5.74) is 0. The van der Waals surface area contributed by atoms with Gasteiger partial charge in [-0.05, 0) is 0 Å². The van der Waals surface area contributed by atoms with E-state index in [-0.39, 0.29) is 154 Å². The van der Waals surface area contributed by atoms with E-state index < -0.39 is 0 Å². The Balaban J connectivity index is 0. The second-order valence-electron chi connectivity index (χ2n) is 0. The van der Waals surface area contributed by atoms with Gasteiger partial charge < -0.3 is 0 Å². The predicted molar refractivity (Wildman–Crippen MR) is 28.8 cm³/mol. The quantitative estimate of drug-likeness (QED) is 0.413. The number of hydrogen-bond donors (Lipinski definition) is 0. The molecule has 9 valence electrons. The van der Waals surface area contributed by atoms with Crippen LogP contribution in [0.2, 0.25) is 0 Å². The summed E-state index contributed by atoms with van der Waals surface area (Å²) in [5, 5.41) is 0. The van der Waals surface area contributed by atoms with Crippen LogP contribution in [0, 0.1) is 0 Å². The molecule has 0 nitrogen and oxygen atoms in total. The zero-order valence-corrected chi connectivity index (χ0v) is 14.1. The third-order valence-corrected chi connectivity index (χ3v) is 0. The van der Waals surface area contributed by atoms with Crippen molar-refractivity contribution in [2.75, 3.05) is 0 Å².